The molecule has 5 rings (SSSR count). The Bertz CT molecular complexity index is 1530. The first kappa shape index (κ1) is 19.6. The highest BCUT2D eigenvalue weighted by Gasteiger charge is 2.16. The number of rotatable bonds is 4. The van der Waals surface area contributed by atoms with Crippen LogP contribution in [-0.2, 0) is 0 Å². The lowest BCUT2D eigenvalue weighted by molar-refractivity contribution is 0.102. The molecule has 0 spiro atoms. The molecule has 1 amide bonds. The summed E-state index contributed by atoms with van der Waals surface area (Å²) >= 11 is 0. The van der Waals surface area contributed by atoms with E-state index in [1.54, 1.807) is 30.3 Å². The minimum atomic E-state index is -0.728. The minimum Gasteiger partial charge on any atom is -0.493 e. The smallest absolute Gasteiger partial charge is 0.349 e. The van der Waals surface area contributed by atoms with E-state index in [0.29, 0.717) is 22.4 Å². The average Bonchev–Trinajstić information content (AvgIpc) is 3.22. The second-order valence-corrected chi connectivity index (χ2v) is 7.46. The zero-order chi connectivity index (χ0) is 22.2. The Morgan fingerprint density at radius 1 is 1.06 bits per heavy atom. The van der Waals surface area contributed by atoms with Crippen molar-refractivity contribution in [1.82, 2.24) is 9.97 Å². The zero-order valence-corrected chi connectivity index (χ0v) is 17.4. The lowest BCUT2D eigenvalue weighted by atomic mass is 10.1. The van der Waals surface area contributed by atoms with Crippen molar-refractivity contribution in [3.8, 4) is 17.1 Å². The van der Waals surface area contributed by atoms with Crippen molar-refractivity contribution in [3.05, 3.63) is 88.3 Å². The maximum absolute atomic E-state index is 12.7. The molecule has 0 aliphatic carbocycles. The number of fused-ring (bicyclic) bond motifs is 2. The van der Waals surface area contributed by atoms with Crippen molar-refractivity contribution in [1.29, 1.82) is 0 Å². The molecule has 5 aromatic rings. The predicted octanol–water partition coefficient (Wildman–Crippen LogP) is 4.91. The normalized spacial score (nSPS) is 11.1. The van der Waals surface area contributed by atoms with Gasteiger partial charge in [0.15, 0.2) is 11.3 Å². The number of nitrogens with zero attached hydrogens (tertiary/aromatic N) is 1. The minimum absolute atomic E-state index is 0.0810. The highest BCUT2D eigenvalue weighted by atomic mass is 16.5. The summed E-state index contributed by atoms with van der Waals surface area (Å²) < 4.78 is 10.5. The Hall–Kier alpha value is -4.39. The van der Waals surface area contributed by atoms with E-state index < -0.39 is 11.5 Å². The van der Waals surface area contributed by atoms with Gasteiger partial charge in [0, 0.05) is 16.6 Å². The number of anilines is 1. The van der Waals surface area contributed by atoms with E-state index in [1.165, 1.54) is 13.2 Å². The number of carbonyl (C=O) groups is 1. The molecule has 0 aliphatic rings. The van der Waals surface area contributed by atoms with Crippen LogP contribution in [0.3, 0.4) is 0 Å². The number of aromatic nitrogens is 2. The van der Waals surface area contributed by atoms with Crippen LogP contribution in [0.5, 0.6) is 5.75 Å². The fourth-order valence-electron chi connectivity index (χ4n) is 3.61. The van der Waals surface area contributed by atoms with Crippen LogP contribution >= 0.6 is 0 Å². The summed E-state index contributed by atoms with van der Waals surface area (Å²) in [4.78, 5) is 33.0. The third-order valence-corrected chi connectivity index (χ3v) is 5.24. The first-order valence-corrected chi connectivity index (χ1v) is 10.0. The SMILES string of the molecule is COc1cccc2cc(C(=O)Nc3ccc(-c4nc5ccc(C)cc5[nH]4)cc3)c(=O)oc12. The molecule has 0 fully saturated rings. The second-order valence-electron chi connectivity index (χ2n) is 7.46. The molecule has 0 saturated heterocycles. The van der Waals surface area contributed by atoms with Gasteiger partial charge in [0.1, 0.15) is 11.4 Å². The van der Waals surface area contributed by atoms with Crippen molar-refractivity contribution in [3.63, 3.8) is 0 Å². The molecule has 0 radical (unpaired) electrons. The summed E-state index contributed by atoms with van der Waals surface area (Å²) in [7, 11) is 1.49. The topological polar surface area (TPSA) is 97.2 Å². The molecule has 3 aromatic carbocycles. The molecule has 7 nitrogen and oxygen atoms in total. The van der Waals surface area contributed by atoms with Crippen LogP contribution in [0, 0.1) is 6.92 Å². The first-order valence-electron chi connectivity index (χ1n) is 10.0. The number of methoxy groups -OCH3 is 1. The van der Waals surface area contributed by atoms with Gasteiger partial charge in [-0.1, -0.05) is 18.2 Å². The number of aromatic amines is 1. The van der Waals surface area contributed by atoms with Crippen LogP contribution in [0.15, 0.2) is 75.9 Å². The molecule has 0 aliphatic heterocycles. The van der Waals surface area contributed by atoms with Crippen molar-refractivity contribution in [2.75, 3.05) is 12.4 Å². The molecule has 2 aromatic heterocycles. The number of carbonyl (C=O) groups excluding carboxylic acids is 1. The maximum atomic E-state index is 12.7. The Labute approximate surface area is 182 Å². The van der Waals surface area contributed by atoms with Crippen LogP contribution in [-0.4, -0.2) is 23.0 Å². The monoisotopic (exact) mass is 425 g/mol. The zero-order valence-electron chi connectivity index (χ0n) is 17.4. The van der Waals surface area contributed by atoms with Crippen LogP contribution in [0.25, 0.3) is 33.4 Å². The quantitative estimate of drug-likeness (QED) is 0.399. The number of hydrogen-bond donors (Lipinski definition) is 2. The lowest BCUT2D eigenvalue weighted by Crippen LogP contribution is -2.20. The lowest BCUT2D eigenvalue weighted by Gasteiger charge is -2.07. The molecular weight excluding hydrogens is 406 g/mol. The van der Waals surface area contributed by atoms with E-state index >= 15 is 0 Å². The van der Waals surface area contributed by atoms with E-state index in [0.717, 1.165) is 28.0 Å². The fourth-order valence-corrected chi connectivity index (χ4v) is 3.61. The Morgan fingerprint density at radius 3 is 2.66 bits per heavy atom. The molecule has 0 unspecified atom stereocenters. The summed E-state index contributed by atoms with van der Waals surface area (Å²) in [6.07, 6.45) is 0. The molecule has 2 N–H and O–H groups in total. The summed E-state index contributed by atoms with van der Waals surface area (Å²) in [5.74, 6) is 0.630. The van der Waals surface area contributed by atoms with Crippen molar-refractivity contribution in [2.24, 2.45) is 0 Å². The van der Waals surface area contributed by atoms with Gasteiger partial charge in [-0.15, -0.1) is 0 Å². The molecule has 2 heterocycles. The van der Waals surface area contributed by atoms with Gasteiger partial charge in [0.2, 0.25) is 0 Å². The fraction of sp³-hybridized carbons (Fsp3) is 0.0800. The van der Waals surface area contributed by atoms with E-state index in [2.05, 4.69) is 15.3 Å². The van der Waals surface area contributed by atoms with Gasteiger partial charge >= 0.3 is 5.63 Å². The molecule has 0 bridgehead atoms. The number of benzene rings is 3. The Kier molecular flexibility index (Phi) is 4.71. The van der Waals surface area contributed by atoms with Crippen LogP contribution in [0.2, 0.25) is 0 Å². The van der Waals surface area contributed by atoms with Crippen molar-refractivity contribution < 1.29 is 13.9 Å². The molecule has 158 valence electrons. The number of aryl methyl sites for hydroxylation is 1. The number of nitrogens with one attached hydrogen (secondary N) is 2. The maximum Gasteiger partial charge on any atom is 0.349 e. The van der Waals surface area contributed by atoms with E-state index in [1.807, 2.05) is 37.3 Å². The van der Waals surface area contributed by atoms with Gasteiger partial charge in [-0.25, -0.2) is 9.78 Å². The standard InChI is InChI=1S/C25H19N3O4/c1-14-6-11-19-20(12-14)28-23(27-19)15-7-9-17(10-8-15)26-24(29)18-13-16-4-3-5-21(31-2)22(16)32-25(18)30/h3-13H,1-2H3,(H,26,29)(H,27,28). The highest BCUT2D eigenvalue weighted by Crippen LogP contribution is 2.25. The number of para-hydroxylation sites is 1. The van der Waals surface area contributed by atoms with Crippen molar-refractivity contribution >= 4 is 33.6 Å². The predicted molar refractivity (Wildman–Crippen MR) is 123 cm³/mol. The van der Waals surface area contributed by atoms with Gasteiger partial charge in [-0.05, 0) is 61.0 Å². The van der Waals surface area contributed by atoms with E-state index in [-0.39, 0.29) is 5.56 Å². The molecule has 0 saturated carbocycles. The molecule has 7 heteroatoms. The average molecular weight is 425 g/mol. The second kappa shape index (κ2) is 7.70. The summed E-state index contributed by atoms with van der Waals surface area (Å²) in [5.41, 5.74) is 3.95. The summed E-state index contributed by atoms with van der Waals surface area (Å²) in [6, 6.07) is 20.0. The Balaban J connectivity index is 1.40. The van der Waals surface area contributed by atoms with Gasteiger partial charge in [0.25, 0.3) is 5.91 Å². The summed E-state index contributed by atoms with van der Waals surface area (Å²) in [6.45, 7) is 2.03. The summed E-state index contributed by atoms with van der Waals surface area (Å²) in [5, 5.41) is 3.35. The Morgan fingerprint density at radius 2 is 1.88 bits per heavy atom. The number of imidazole rings is 1. The molecule has 32 heavy (non-hydrogen) atoms. The van der Waals surface area contributed by atoms with Crippen LogP contribution in [0.1, 0.15) is 15.9 Å². The number of ether oxygens (including phenoxy) is 1. The molecule has 0 atom stereocenters. The first-order chi connectivity index (χ1) is 15.5. The number of H-pyrrole nitrogens is 1. The van der Waals surface area contributed by atoms with Crippen molar-refractivity contribution in [2.45, 2.75) is 6.92 Å². The van der Waals surface area contributed by atoms with E-state index in [4.69, 9.17) is 9.15 Å². The van der Waals surface area contributed by atoms with Crippen LogP contribution < -0.4 is 15.7 Å². The number of amides is 1. The number of hydrogen-bond acceptors (Lipinski definition) is 5. The third kappa shape index (κ3) is 3.50. The third-order valence-electron chi connectivity index (χ3n) is 5.24. The van der Waals surface area contributed by atoms with E-state index in [9.17, 15) is 9.59 Å². The van der Waals surface area contributed by atoms with Crippen LogP contribution in [0.4, 0.5) is 5.69 Å². The molecular formula is C25H19N3O4. The van der Waals surface area contributed by atoms with Gasteiger partial charge in [-0.3, -0.25) is 4.79 Å². The van der Waals surface area contributed by atoms with Gasteiger partial charge in [0.05, 0.1) is 18.1 Å². The highest BCUT2D eigenvalue weighted by molar-refractivity contribution is 6.05. The van der Waals surface area contributed by atoms with Gasteiger partial charge < -0.3 is 19.5 Å². The van der Waals surface area contributed by atoms with Gasteiger partial charge in [-0.2, -0.15) is 0 Å². The largest absolute Gasteiger partial charge is 0.493 e.